The van der Waals surface area contributed by atoms with Crippen LogP contribution >= 0.6 is 11.6 Å². The van der Waals surface area contributed by atoms with Crippen LogP contribution in [0.25, 0.3) is 0 Å². The third-order valence-corrected chi connectivity index (χ3v) is 5.42. The molecule has 0 aliphatic rings. The summed E-state index contributed by atoms with van der Waals surface area (Å²) in [6, 6.07) is 9.17. The van der Waals surface area contributed by atoms with Gasteiger partial charge in [-0.3, -0.25) is 4.79 Å². The van der Waals surface area contributed by atoms with E-state index in [0.717, 1.165) is 4.31 Å². The number of rotatable bonds is 6. The lowest BCUT2D eigenvalue weighted by atomic mass is 10.3. The van der Waals surface area contributed by atoms with E-state index >= 15 is 0 Å². The Morgan fingerprint density at radius 2 is 1.88 bits per heavy atom. The van der Waals surface area contributed by atoms with Crippen molar-refractivity contribution < 1.29 is 22.3 Å². The maximum atomic E-state index is 12.8. The smallest absolute Gasteiger partial charge is 0.243 e. The van der Waals surface area contributed by atoms with E-state index < -0.39 is 28.3 Å². The first-order valence-corrected chi connectivity index (χ1v) is 8.91. The molecule has 0 aromatic heterocycles. The highest BCUT2D eigenvalue weighted by atomic mass is 35.5. The highest BCUT2D eigenvalue weighted by Crippen LogP contribution is 2.28. The zero-order valence-electron chi connectivity index (χ0n) is 13.5. The van der Waals surface area contributed by atoms with Crippen LogP contribution in [0.5, 0.6) is 5.75 Å². The van der Waals surface area contributed by atoms with Crippen LogP contribution in [-0.2, 0) is 14.8 Å². The number of carbonyl (C=O) groups is 1. The first kappa shape index (κ1) is 19.2. The van der Waals surface area contributed by atoms with Gasteiger partial charge in [0.05, 0.1) is 23.6 Å². The van der Waals surface area contributed by atoms with Gasteiger partial charge in [0.1, 0.15) is 11.6 Å². The lowest BCUT2D eigenvalue weighted by molar-refractivity contribution is -0.116. The Kier molecular flexibility index (Phi) is 5.99. The Balaban J connectivity index is 2.10. The molecule has 6 nitrogen and oxygen atoms in total. The normalized spacial score (nSPS) is 11.4. The van der Waals surface area contributed by atoms with Gasteiger partial charge in [-0.2, -0.15) is 4.31 Å². The zero-order valence-corrected chi connectivity index (χ0v) is 15.1. The number of nitrogens with zero attached hydrogens (tertiary/aromatic N) is 1. The molecule has 0 atom stereocenters. The molecular formula is C16H16ClFN2O4S. The van der Waals surface area contributed by atoms with E-state index in [0.29, 0.717) is 11.4 Å². The van der Waals surface area contributed by atoms with Gasteiger partial charge >= 0.3 is 0 Å². The molecule has 1 amide bonds. The Bertz CT molecular complexity index is 872. The van der Waals surface area contributed by atoms with Crippen LogP contribution < -0.4 is 10.1 Å². The van der Waals surface area contributed by atoms with Crippen molar-refractivity contribution in [2.75, 3.05) is 26.0 Å². The summed E-state index contributed by atoms with van der Waals surface area (Å²) in [5.74, 6) is -0.649. The van der Waals surface area contributed by atoms with E-state index in [1.165, 1.54) is 56.6 Å². The minimum atomic E-state index is -3.91. The minimum Gasteiger partial charge on any atom is -0.495 e. The molecule has 0 unspecified atom stereocenters. The van der Waals surface area contributed by atoms with Crippen molar-refractivity contribution in [3.8, 4) is 5.75 Å². The number of nitrogens with one attached hydrogen (secondary N) is 1. The largest absolute Gasteiger partial charge is 0.495 e. The van der Waals surface area contributed by atoms with Crippen LogP contribution in [0.15, 0.2) is 47.4 Å². The van der Waals surface area contributed by atoms with E-state index in [1.807, 2.05) is 0 Å². The predicted molar refractivity (Wildman–Crippen MR) is 92.8 cm³/mol. The monoisotopic (exact) mass is 386 g/mol. The van der Waals surface area contributed by atoms with Crippen molar-refractivity contribution in [1.82, 2.24) is 4.31 Å². The highest BCUT2D eigenvalue weighted by molar-refractivity contribution is 7.89. The second kappa shape index (κ2) is 7.81. The quantitative estimate of drug-likeness (QED) is 0.828. The number of carbonyl (C=O) groups excluding carboxylic acids is 1. The third-order valence-electron chi connectivity index (χ3n) is 3.33. The molecule has 0 spiro atoms. The lowest BCUT2D eigenvalue weighted by Crippen LogP contribution is -2.35. The van der Waals surface area contributed by atoms with Gasteiger partial charge in [0, 0.05) is 12.7 Å². The van der Waals surface area contributed by atoms with Crippen molar-refractivity contribution in [1.29, 1.82) is 0 Å². The summed E-state index contributed by atoms with van der Waals surface area (Å²) < 4.78 is 43.7. The molecule has 0 fully saturated rings. The first-order valence-electron chi connectivity index (χ1n) is 7.09. The van der Waals surface area contributed by atoms with Gasteiger partial charge in [0.2, 0.25) is 15.9 Å². The van der Waals surface area contributed by atoms with Gasteiger partial charge in [-0.25, -0.2) is 12.8 Å². The number of amides is 1. The molecule has 134 valence electrons. The molecule has 9 heteroatoms. The van der Waals surface area contributed by atoms with Crippen LogP contribution in [-0.4, -0.2) is 39.3 Å². The van der Waals surface area contributed by atoms with Crippen molar-refractivity contribution in [3.63, 3.8) is 0 Å². The fourth-order valence-corrected chi connectivity index (χ4v) is 3.48. The van der Waals surface area contributed by atoms with Gasteiger partial charge in [-0.1, -0.05) is 11.6 Å². The van der Waals surface area contributed by atoms with Crippen LogP contribution in [0, 0.1) is 5.82 Å². The summed E-state index contributed by atoms with van der Waals surface area (Å²) in [5, 5.41) is 2.64. The van der Waals surface area contributed by atoms with E-state index in [-0.39, 0.29) is 9.92 Å². The number of halogens is 2. The summed E-state index contributed by atoms with van der Waals surface area (Å²) in [4.78, 5) is 11.9. The van der Waals surface area contributed by atoms with Gasteiger partial charge in [0.25, 0.3) is 0 Å². The van der Waals surface area contributed by atoms with E-state index in [1.54, 1.807) is 0 Å². The molecule has 0 saturated heterocycles. The predicted octanol–water partition coefficient (Wildman–Crippen LogP) is 2.75. The second-order valence-electron chi connectivity index (χ2n) is 5.11. The van der Waals surface area contributed by atoms with Crippen LogP contribution in [0.2, 0.25) is 5.02 Å². The summed E-state index contributed by atoms with van der Waals surface area (Å²) in [6.07, 6.45) is 0. The number of hydrogen-bond acceptors (Lipinski definition) is 4. The molecule has 2 aromatic rings. The summed E-state index contributed by atoms with van der Waals surface area (Å²) >= 11 is 5.95. The maximum Gasteiger partial charge on any atom is 0.243 e. The summed E-state index contributed by atoms with van der Waals surface area (Å²) in [5.41, 5.74) is 0.365. The average Bonchev–Trinajstić information content (AvgIpc) is 2.56. The Morgan fingerprint density at radius 3 is 2.44 bits per heavy atom. The minimum absolute atomic E-state index is 0.0598. The van der Waals surface area contributed by atoms with Crippen LogP contribution in [0.3, 0.4) is 0 Å². The van der Waals surface area contributed by atoms with Gasteiger partial charge < -0.3 is 10.1 Å². The number of benzene rings is 2. The molecule has 0 radical (unpaired) electrons. The van der Waals surface area contributed by atoms with Crippen LogP contribution in [0.1, 0.15) is 0 Å². The highest BCUT2D eigenvalue weighted by Gasteiger charge is 2.24. The number of sulfonamides is 1. The second-order valence-corrected chi connectivity index (χ2v) is 7.56. The van der Waals surface area contributed by atoms with Crippen molar-refractivity contribution >= 4 is 33.2 Å². The van der Waals surface area contributed by atoms with Crippen molar-refractivity contribution in [2.24, 2.45) is 0 Å². The molecule has 0 saturated carbocycles. The van der Waals surface area contributed by atoms with Crippen molar-refractivity contribution in [2.45, 2.75) is 4.90 Å². The average molecular weight is 387 g/mol. The molecular weight excluding hydrogens is 371 g/mol. The molecule has 25 heavy (non-hydrogen) atoms. The SMILES string of the molecule is COc1ccc(S(=O)(=O)N(C)CC(=O)Nc2ccc(F)cc2)cc1Cl. The molecule has 0 heterocycles. The standard InChI is InChI=1S/C16H16ClFN2O4S/c1-20(10-16(21)19-12-5-3-11(18)4-6-12)25(22,23)13-7-8-15(24-2)14(17)9-13/h3-9H,10H2,1-2H3,(H,19,21). The first-order chi connectivity index (χ1) is 11.7. The van der Waals surface area contributed by atoms with Crippen molar-refractivity contribution in [3.05, 3.63) is 53.3 Å². The number of ether oxygens (including phenoxy) is 1. The van der Waals surface area contributed by atoms with E-state index in [2.05, 4.69) is 5.32 Å². The number of hydrogen-bond donors (Lipinski definition) is 1. The van der Waals surface area contributed by atoms with Gasteiger partial charge in [0.15, 0.2) is 0 Å². The molecule has 2 aromatic carbocycles. The Labute approximate surface area is 150 Å². The van der Waals surface area contributed by atoms with E-state index in [4.69, 9.17) is 16.3 Å². The maximum absolute atomic E-state index is 12.8. The molecule has 0 aliphatic heterocycles. The molecule has 1 N–H and O–H groups in total. The topological polar surface area (TPSA) is 75.7 Å². The fourth-order valence-electron chi connectivity index (χ4n) is 2.01. The van der Waals surface area contributed by atoms with Gasteiger partial charge in [-0.05, 0) is 42.5 Å². The zero-order chi connectivity index (χ0) is 18.6. The lowest BCUT2D eigenvalue weighted by Gasteiger charge is -2.17. The van der Waals surface area contributed by atoms with Crippen LogP contribution in [0.4, 0.5) is 10.1 Å². The Hall–Kier alpha value is -2.16. The third kappa shape index (κ3) is 4.68. The molecule has 2 rings (SSSR count). The Morgan fingerprint density at radius 1 is 1.24 bits per heavy atom. The number of anilines is 1. The molecule has 0 bridgehead atoms. The fraction of sp³-hybridized carbons (Fsp3) is 0.188. The summed E-state index contributed by atoms with van der Waals surface area (Å²) in [6.45, 7) is -0.413. The number of likely N-dealkylation sites (N-methyl/N-ethyl adjacent to an activating group) is 1. The number of methoxy groups -OCH3 is 1. The van der Waals surface area contributed by atoms with Gasteiger partial charge in [-0.15, -0.1) is 0 Å². The molecule has 0 aliphatic carbocycles. The summed E-state index contributed by atoms with van der Waals surface area (Å²) in [7, 11) is -1.21. The van der Waals surface area contributed by atoms with E-state index in [9.17, 15) is 17.6 Å².